The zero-order valence-electron chi connectivity index (χ0n) is 76.9. The van der Waals surface area contributed by atoms with E-state index in [4.69, 9.17) is 66.7 Å². The molecule has 9 unspecified atom stereocenters. The molecule has 10 aromatic carbocycles. The van der Waals surface area contributed by atoms with Gasteiger partial charge in [-0.1, -0.05) is 169 Å². The predicted molar refractivity (Wildman–Crippen MR) is 501 cm³/mol. The Labute approximate surface area is 770 Å². The highest BCUT2D eigenvalue weighted by Gasteiger charge is 2.64. The maximum absolute atomic E-state index is 12.5. The molecule has 0 aromatic heterocycles. The van der Waals surface area contributed by atoms with Gasteiger partial charge < -0.3 is 82.0 Å². The van der Waals surface area contributed by atoms with Crippen molar-refractivity contribution in [1.29, 1.82) is 0 Å². The van der Waals surface area contributed by atoms with Gasteiger partial charge in [-0.2, -0.15) is 0 Å². The number of allylic oxidation sites excluding steroid dienone is 1. The van der Waals surface area contributed by atoms with Gasteiger partial charge in [0.2, 0.25) is 6.79 Å². The number of aliphatic hydroxyl groups is 3. The van der Waals surface area contributed by atoms with E-state index in [9.17, 15) is 44.1 Å². The highest BCUT2D eigenvalue weighted by atomic mass is 16.7. The molecule has 4 aliphatic heterocycles. The number of fused-ring (bicyclic) bond motifs is 8. The van der Waals surface area contributed by atoms with Crippen molar-refractivity contribution in [3.8, 4) is 69.0 Å². The maximum atomic E-state index is 12.5. The Morgan fingerprint density at radius 1 is 0.402 bits per heavy atom. The lowest BCUT2D eigenvalue weighted by atomic mass is 9.70. The first-order valence-electron chi connectivity index (χ1n) is 44.2. The van der Waals surface area contributed by atoms with Crippen molar-refractivity contribution in [1.82, 2.24) is 0 Å². The van der Waals surface area contributed by atoms with E-state index < -0.39 is 0 Å². The third kappa shape index (κ3) is 21.6. The second-order valence-electron chi connectivity index (χ2n) is 35.4. The van der Waals surface area contributed by atoms with Crippen molar-refractivity contribution < 1.29 is 111 Å². The van der Waals surface area contributed by atoms with E-state index in [0.717, 1.165) is 75.5 Å². The summed E-state index contributed by atoms with van der Waals surface area (Å²) in [5.41, 5.74) is 10.7. The number of rotatable bonds is 21. The number of Topliss-reactive ketones (excluding diaryl/α,β-unsaturated/α-hetero) is 3. The van der Waals surface area contributed by atoms with Crippen LogP contribution in [0.3, 0.4) is 0 Å². The van der Waals surface area contributed by atoms with Gasteiger partial charge in [-0.3, -0.25) is 19.2 Å². The summed E-state index contributed by atoms with van der Waals surface area (Å²) >= 11 is 0. The number of aliphatic hydroxyl groups excluding tert-OH is 3. The standard InChI is InChI=1S/C20H24O4.C19H24O2.C18H18O5.C18H18O4.2C17H16O4/c1-19(2)14-8-9-20(19,3)17(11-14)24-18(21)7-5-13-4-6-15-16(10-13)23-12-22-15;1-18(2)15-11-12-19(18,3)16(13-15)21-17(20)10-9-14-7-5-4-6-8-14;1-21-13-5-3-12(4-6-13)15-9-14(20)18-16(22-2)7-11(10-19)8-17(18)23-15;1-11-8-16(21-3)18-14(19)10-15(22-17(18)9-11)12-4-6-13(20-2)7-5-12;1-20-15-7-11(10-18)8-16-17(15)13(19)9-14(21-16)12-5-3-2-4-6-12;1-21-16-10-13(11-18)9-15(20)17(16)14(19)8-7-12-5-3-2-4-6-12/h4-7,10,14,17H,8-9,11-12H2,1-3H3;4-10,15-16H,11-13H2,1-3H3;3-8,15,19H,9-10H2,1-2H3;4-9,15H,10H2,1-3H3;2-8,14,18H,9-10H2,1H3;2-10,18,20H,11H2,1H3/b7-5+;10-9+;;;;8-7+. The molecule has 8 aliphatic rings. The fourth-order valence-corrected chi connectivity index (χ4v) is 18.9. The van der Waals surface area contributed by atoms with Crippen molar-refractivity contribution in [3.63, 3.8) is 0 Å². The summed E-state index contributed by atoms with van der Waals surface area (Å²) < 4.78 is 71.5. The van der Waals surface area contributed by atoms with Gasteiger partial charge in [0.1, 0.15) is 110 Å². The molecule has 9 atom stereocenters. The van der Waals surface area contributed by atoms with Crippen LogP contribution in [0.1, 0.15) is 215 Å². The van der Waals surface area contributed by atoms with E-state index in [0.29, 0.717) is 91.9 Å². The molecule has 23 heteroatoms. The predicted octanol–water partition coefficient (Wildman–Crippen LogP) is 20.9. The van der Waals surface area contributed by atoms with Crippen molar-refractivity contribution in [3.05, 3.63) is 302 Å². The largest absolute Gasteiger partial charge is 0.507 e. The van der Waals surface area contributed by atoms with Gasteiger partial charge in [0, 0.05) is 23.0 Å². The van der Waals surface area contributed by atoms with E-state index in [-0.39, 0.29) is 144 Å². The number of ketones is 4. The lowest BCUT2D eigenvalue weighted by Gasteiger charge is -2.38. The van der Waals surface area contributed by atoms with E-state index >= 15 is 0 Å². The maximum Gasteiger partial charge on any atom is 0.331 e. The molecule has 0 spiro atoms. The van der Waals surface area contributed by atoms with Crippen LogP contribution in [0, 0.1) is 40.4 Å². The number of aryl methyl sites for hydroxylation is 1. The van der Waals surface area contributed by atoms with E-state index in [1.807, 2.05) is 183 Å². The summed E-state index contributed by atoms with van der Waals surface area (Å²) in [6.07, 6.45) is 16.6. The monoisotopic (exact) mass is 1790 g/mol. The van der Waals surface area contributed by atoms with Gasteiger partial charge >= 0.3 is 11.9 Å². The Balaban J connectivity index is 0.000000135. The minimum absolute atomic E-state index is 0.00792. The Hall–Kier alpha value is -13.5. The smallest absolute Gasteiger partial charge is 0.331 e. The normalized spacial score (nSPS) is 21.3. The van der Waals surface area contributed by atoms with E-state index in [2.05, 4.69) is 41.5 Å². The number of aromatic hydroxyl groups is 1. The molecule has 0 saturated heterocycles. The number of ether oxygens (including phenoxy) is 13. The molecule has 4 bridgehead atoms. The van der Waals surface area contributed by atoms with Gasteiger partial charge in [-0.15, -0.1) is 0 Å². The first kappa shape index (κ1) is 96.1. The third-order valence-corrected chi connectivity index (χ3v) is 27.4. The molecule has 4 aliphatic carbocycles. The zero-order valence-corrected chi connectivity index (χ0v) is 76.9. The highest BCUT2D eigenvalue weighted by molar-refractivity contribution is 6.11. The molecule has 132 heavy (non-hydrogen) atoms. The quantitative estimate of drug-likeness (QED) is 0.0295. The molecule has 18 rings (SSSR count). The van der Waals surface area contributed by atoms with Crippen molar-refractivity contribution in [2.45, 2.75) is 157 Å². The number of methoxy groups -OCH3 is 6. The summed E-state index contributed by atoms with van der Waals surface area (Å²) in [6.45, 7) is 15.6. The Kier molecular flexibility index (Phi) is 31.0. The van der Waals surface area contributed by atoms with Gasteiger partial charge in [-0.25, -0.2) is 9.59 Å². The summed E-state index contributed by atoms with van der Waals surface area (Å²) in [6, 6.07) is 62.9. The summed E-state index contributed by atoms with van der Waals surface area (Å²) in [4.78, 5) is 74.0. The Bertz CT molecular complexity index is 5860. The van der Waals surface area contributed by atoms with Crippen LogP contribution in [-0.4, -0.2) is 117 Å². The average Bonchev–Trinajstić information content (AvgIpc) is 1.56. The Morgan fingerprint density at radius 2 is 0.780 bits per heavy atom. The fraction of sp³-hybridized carbons (Fsp3) is 0.339. The van der Waals surface area contributed by atoms with Crippen LogP contribution in [-0.2, 0) is 38.9 Å². The summed E-state index contributed by atoms with van der Waals surface area (Å²) in [5, 5.41) is 37.7. The van der Waals surface area contributed by atoms with Crippen LogP contribution in [0.4, 0.5) is 0 Å². The molecule has 0 amide bonds. The SMILES string of the molecule is CC1(C)C2CCC1(C)C(OC(=O)/C=C/c1ccc3c(c1)OCO3)C2.CC1(C)C2CCC1(C)C(OC(=O)/C=C/c1ccccc1)C2.COc1cc(CO)cc(O)c1C(=O)/C=C/c1ccccc1.COc1cc(CO)cc2c1C(=O)CC(c1ccccc1)O2.COc1ccc(C2CC(=O)c3c(OC)cc(C)cc3O2)cc1.COc1ccc(C2CC(=O)c3c(OC)cc(CO)cc3O2)cc1. The van der Waals surface area contributed by atoms with Crippen LogP contribution in [0.25, 0.3) is 18.2 Å². The van der Waals surface area contributed by atoms with Crippen molar-refractivity contribution in [2.24, 2.45) is 33.5 Å². The molecule has 10 aromatic rings. The van der Waals surface area contributed by atoms with Gasteiger partial charge in [0.25, 0.3) is 0 Å². The van der Waals surface area contributed by atoms with Crippen LogP contribution in [0.15, 0.2) is 224 Å². The number of carbonyl (C=O) groups is 6. The molecule has 4 heterocycles. The topological polar surface area (TPSA) is 303 Å². The minimum atomic E-state index is -0.363. The molecular weight excluding hydrogens is 1680 g/mol. The number of esters is 2. The molecule has 4 saturated carbocycles. The van der Waals surface area contributed by atoms with Crippen LogP contribution in [0.2, 0.25) is 0 Å². The average molecular weight is 1790 g/mol. The highest BCUT2D eigenvalue weighted by Crippen LogP contribution is 2.67. The number of phenols is 1. The lowest BCUT2D eigenvalue weighted by Crippen LogP contribution is -2.38. The molecule has 690 valence electrons. The van der Waals surface area contributed by atoms with Gasteiger partial charge in [0.05, 0.1) is 81.7 Å². The molecule has 0 radical (unpaired) electrons. The van der Waals surface area contributed by atoms with Crippen LogP contribution in [0.5, 0.6) is 69.0 Å². The van der Waals surface area contributed by atoms with Crippen molar-refractivity contribution in [2.75, 3.05) is 49.5 Å². The van der Waals surface area contributed by atoms with Crippen LogP contribution < -0.4 is 52.1 Å². The molecule has 4 fully saturated rings. The van der Waals surface area contributed by atoms with E-state index in [1.54, 1.807) is 63.8 Å². The zero-order chi connectivity index (χ0) is 94.2. The minimum Gasteiger partial charge on any atom is -0.507 e. The number of phenolic OH excluding ortho intramolecular Hbond substituents is 1. The summed E-state index contributed by atoms with van der Waals surface area (Å²) in [7, 11) is 9.22. The lowest BCUT2D eigenvalue weighted by molar-refractivity contribution is -0.151. The van der Waals surface area contributed by atoms with Crippen LogP contribution >= 0.6 is 0 Å². The van der Waals surface area contributed by atoms with Gasteiger partial charge in [0.15, 0.2) is 34.6 Å². The third-order valence-electron chi connectivity index (χ3n) is 27.4. The second kappa shape index (κ2) is 42.6. The molecule has 4 N–H and O–H groups in total. The molecule has 23 nitrogen and oxygen atoms in total. The number of hydrogen-bond acceptors (Lipinski definition) is 23. The summed E-state index contributed by atoms with van der Waals surface area (Å²) in [5.74, 6) is 6.52. The second-order valence-corrected chi connectivity index (χ2v) is 35.4. The molecular formula is C109H116O23. The number of benzene rings is 10. The Morgan fingerprint density at radius 3 is 1.18 bits per heavy atom. The van der Waals surface area contributed by atoms with Gasteiger partial charge in [-0.05, 0) is 227 Å². The number of carbonyl (C=O) groups excluding carboxylic acids is 6. The first-order chi connectivity index (χ1) is 63.5. The first-order valence-corrected chi connectivity index (χ1v) is 44.2. The van der Waals surface area contributed by atoms with Crippen molar-refractivity contribution >= 4 is 53.3 Å². The van der Waals surface area contributed by atoms with E-state index in [1.165, 1.54) is 64.9 Å². The fourth-order valence-electron chi connectivity index (χ4n) is 18.9. The number of hydrogen-bond donors (Lipinski definition) is 4.